The molecule has 0 unspecified atom stereocenters. The average Bonchev–Trinajstić information content (AvgIpc) is 2.77. The fourth-order valence-electron chi connectivity index (χ4n) is 3.07. The van der Waals surface area contributed by atoms with E-state index >= 15 is 0 Å². The summed E-state index contributed by atoms with van der Waals surface area (Å²) in [5, 5.41) is 9.25. The van der Waals surface area contributed by atoms with Gasteiger partial charge in [0, 0.05) is 49.3 Å². The normalized spacial score (nSPS) is 10.9. The lowest BCUT2D eigenvalue weighted by molar-refractivity contribution is -0.137. The van der Waals surface area contributed by atoms with Crippen molar-refractivity contribution in [1.29, 1.82) is 0 Å². The minimum atomic E-state index is -0.924. The number of aliphatic carboxylic acids is 1. The van der Waals surface area contributed by atoms with E-state index < -0.39 is 17.6 Å². The number of hydrogen-bond donors (Lipinski definition) is 1. The topological polar surface area (TPSA) is 98.0 Å². The summed E-state index contributed by atoms with van der Waals surface area (Å²) in [6.45, 7) is 0.547. The zero-order chi connectivity index (χ0) is 22.9. The van der Waals surface area contributed by atoms with Crippen molar-refractivity contribution >= 4 is 17.7 Å². The number of aryl methyl sites for hydroxylation is 1. The number of nitrogens with zero attached hydrogens (tertiary/aromatic N) is 4. The molecular formula is C22H22F2N4O3S. The third-order valence-electron chi connectivity index (χ3n) is 4.68. The Morgan fingerprint density at radius 3 is 2.56 bits per heavy atom. The molecule has 0 spiro atoms. The highest BCUT2D eigenvalue weighted by Crippen LogP contribution is 2.22. The number of benzene rings is 1. The Balaban J connectivity index is 1.77. The van der Waals surface area contributed by atoms with Gasteiger partial charge in [0.15, 0.2) is 16.8 Å². The standard InChI is InChI=1S/C22H22F2N4O3S/c23-18-6-5-15(9-19(18)24)13-32-22-27-21(31)17(8-16-10-25-14-26-11-16)12-28(22)7-3-1-2-4-20(29)30/h5-6,9-12,14H,1-4,7-8,13H2,(H,29,30). The van der Waals surface area contributed by atoms with Crippen molar-refractivity contribution < 1.29 is 18.7 Å². The summed E-state index contributed by atoms with van der Waals surface area (Å²) in [5.41, 5.74) is 1.47. The molecule has 168 valence electrons. The maximum atomic E-state index is 13.5. The second-order valence-corrected chi connectivity index (χ2v) is 8.15. The second kappa shape index (κ2) is 11.5. The highest BCUT2D eigenvalue weighted by atomic mass is 32.2. The van der Waals surface area contributed by atoms with Crippen molar-refractivity contribution in [3.05, 3.63) is 81.8 Å². The number of carbonyl (C=O) groups is 1. The van der Waals surface area contributed by atoms with Crippen molar-refractivity contribution in [2.75, 3.05) is 0 Å². The first-order chi connectivity index (χ1) is 15.4. The van der Waals surface area contributed by atoms with Crippen LogP contribution in [-0.4, -0.2) is 30.6 Å². The summed E-state index contributed by atoms with van der Waals surface area (Å²) in [6, 6.07) is 3.68. The van der Waals surface area contributed by atoms with E-state index in [0.717, 1.165) is 17.7 Å². The zero-order valence-electron chi connectivity index (χ0n) is 17.2. The maximum absolute atomic E-state index is 13.5. The number of carboxylic acid groups (broad SMARTS) is 1. The molecule has 0 aliphatic carbocycles. The molecule has 1 N–H and O–H groups in total. The first kappa shape index (κ1) is 23.5. The smallest absolute Gasteiger partial charge is 0.303 e. The van der Waals surface area contributed by atoms with Gasteiger partial charge in [-0.2, -0.15) is 4.98 Å². The van der Waals surface area contributed by atoms with Crippen LogP contribution in [0.2, 0.25) is 0 Å². The van der Waals surface area contributed by atoms with E-state index in [1.807, 2.05) is 4.57 Å². The predicted molar refractivity (Wildman–Crippen MR) is 115 cm³/mol. The van der Waals surface area contributed by atoms with Crippen LogP contribution < -0.4 is 5.56 Å². The summed E-state index contributed by atoms with van der Waals surface area (Å²) in [4.78, 5) is 35.4. The summed E-state index contributed by atoms with van der Waals surface area (Å²) >= 11 is 1.26. The first-order valence-electron chi connectivity index (χ1n) is 10.0. The van der Waals surface area contributed by atoms with Crippen LogP contribution in [0.1, 0.15) is 42.4 Å². The number of rotatable bonds is 11. The third-order valence-corrected chi connectivity index (χ3v) is 5.74. The van der Waals surface area contributed by atoms with Gasteiger partial charge in [-0.15, -0.1) is 0 Å². The molecule has 0 aliphatic rings. The molecule has 3 aromatic rings. The van der Waals surface area contributed by atoms with Gasteiger partial charge in [-0.05, 0) is 36.1 Å². The number of hydrogen-bond acceptors (Lipinski definition) is 6. The highest BCUT2D eigenvalue weighted by molar-refractivity contribution is 7.98. The lowest BCUT2D eigenvalue weighted by Crippen LogP contribution is -2.20. The van der Waals surface area contributed by atoms with Crippen LogP contribution in [0.3, 0.4) is 0 Å². The van der Waals surface area contributed by atoms with Gasteiger partial charge in [-0.1, -0.05) is 24.2 Å². The van der Waals surface area contributed by atoms with Crippen LogP contribution in [-0.2, 0) is 23.5 Å². The molecule has 0 saturated carbocycles. The number of halogens is 2. The van der Waals surface area contributed by atoms with Crippen LogP contribution in [0, 0.1) is 11.6 Å². The Morgan fingerprint density at radius 1 is 1.06 bits per heavy atom. The molecule has 0 radical (unpaired) electrons. The Hall–Kier alpha value is -3.14. The lowest BCUT2D eigenvalue weighted by Gasteiger charge is -2.14. The maximum Gasteiger partial charge on any atom is 0.303 e. The zero-order valence-corrected chi connectivity index (χ0v) is 18.0. The van der Waals surface area contributed by atoms with E-state index in [9.17, 15) is 18.4 Å². The predicted octanol–water partition coefficient (Wildman–Crippen LogP) is 3.84. The van der Waals surface area contributed by atoms with Gasteiger partial charge in [0.05, 0.1) is 0 Å². The van der Waals surface area contributed by atoms with Gasteiger partial charge in [0.1, 0.15) is 6.33 Å². The molecule has 10 heteroatoms. The van der Waals surface area contributed by atoms with E-state index in [4.69, 9.17) is 5.11 Å². The molecule has 1 aromatic carbocycles. The van der Waals surface area contributed by atoms with Crippen molar-refractivity contribution in [2.24, 2.45) is 0 Å². The molecule has 3 rings (SSSR count). The summed E-state index contributed by atoms with van der Waals surface area (Å²) in [5.74, 6) is -2.35. The monoisotopic (exact) mass is 460 g/mol. The Bertz CT molecular complexity index is 1130. The summed E-state index contributed by atoms with van der Waals surface area (Å²) in [6.07, 6.45) is 8.86. The van der Waals surface area contributed by atoms with E-state index in [-0.39, 0.29) is 12.0 Å². The first-order valence-corrected chi connectivity index (χ1v) is 11.0. The van der Waals surface area contributed by atoms with Gasteiger partial charge in [0.2, 0.25) is 0 Å². The fourth-order valence-corrected chi connectivity index (χ4v) is 4.00. The molecule has 0 amide bonds. The van der Waals surface area contributed by atoms with Crippen molar-refractivity contribution in [3.63, 3.8) is 0 Å². The van der Waals surface area contributed by atoms with Gasteiger partial charge < -0.3 is 9.67 Å². The molecule has 0 aliphatic heterocycles. The largest absolute Gasteiger partial charge is 0.481 e. The van der Waals surface area contributed by atoms with Crippen LogP contribution in [0.5, 0.6) is 0 Å². The van der Waals surface area contributed by atoms with Crippen LogP contribution >= 0.6 is 11.8 Å². The molecule has 0 fully saturated rings. The summed E-state index contributed by atoms with van der Waals surface area (Å²) < 4.78 is 28.5. The van der Waals surface area contributed by atoms with Crippen molar-refractivity contribution in [1.82, 2.24) is 19.5 Å². The minimum absolute atomic E-state index is 0.111. The van der Waals surface area contributed by atoms with Crippen molar-refractivity contribution in [2.45, 2.75) is 49.6 Å². The Kier molecular flexibility index (Phi) is 8.43. The molecule has 0 saturated heterocycles. The molecule has 0 atom stereocenters. The van der Waals surface area contributed by atoms with E-state index in [1.165, 1.54) is 24.2 Å². The quantitative estimate of drug-likeness (QED) is 0.264. The van der Waals surface area contributed by atoms with Crippen LogP contribution in [0.25, 0.3) is 0 Å². The third kappa shape index (κ3) is 6.94. The van der Waals surface area contributed by atoms with Gasteiger partial charge in [-0.3, -0.25) is 9.59 Å². The molecule has 7 nitrogen and oxygen atoms in total. The number of aromatic nitrogens is 4. The molecule has 0 bridgehead atoms. The molecule has 2 heterocycles. The van der Waals surface area contributed by atoms with Crippen LogP contribution in [0.4, 0.5) is 8.78 Å². The fraction of sp³-hybridized carbons (Fsp3) is 0.318. The highest BCUT2D eigenvalue weighted by Gasteiger charge is 2.12. The molecule has 2 aromatic heterocycles. The number of carboxylic acids is 1. The Morgan fingerprint density at radius 2 is 1.84 bits per heavy atom. The number of thioether (sulfide) groups is 1. The number of unbranched alkanes of at least 4 members (excludes halogenated alkanes) is 2. The summed E-state index contributed by atoms with van der Waals surface area (Å²) in [7, 11) is 0. The minimum Gasteiger partial charge on any atom is -0.481 e. The van der Waals surface area contributed by atoms with Crippen molar-refractivity contribution in [3.8, 4) is 0 Å². The van der Waals surface area contributed by atoms with Gasteiger partial charge in [-0.25, -0.2) is 18.7 Å². The van der Waals surface area contributed by atoms with Gasteiger partial charge in [0.25, 0.3) is 5.56 Å². The van der Waals surface area contributed by atoms with E-state index in [1.54, 1.807) is 18.6 Å². The van der Waals surface area contributed by atoms with E-state index in [0.29, 0.717) is 54.3 Å². The SMILES string of the molecule is O=C(O)CCCCCn1cc(Cc2cncnc2)c(=O)nc1SCc1ccc(F)c(F)c1. The lowest BCUT2D eigenvalue weighted by atomic mass is 10.1. The molecule has 32 heavy (non-hydrogen) atoms. The Labute approximate surface area is 187 Å². The molecular weight excluding hydrogens is 438 g/mol. The second-order valence-electron chi connectivity index (χ2n) is 7.21. The van der Waals surface area contributed by atoms with Crippen LogP contribution in [0.15, 0.2) is 53.1 Å². The average molecular weight is 461 g/mol. The van der Waals surface area contributed by atoms with Gasteiger partial charge >= 0.3 is 5.97 Å². The van der Waals surface area contributed by atoms with E-state index in [2.05, 4.69) is 15.0 Å².